The molecule has 0 atom stereocenters. The van der Waals surface area contributed by atoms with E-state index >= 15 is 0 Å². The van der Waals surface area contributed by atoms with Crippen molar-refractivity contribution in [1.82, 2.24) is 9.47 Å². The summed E-state index contributed by atoms with van der Waals surface area (Å²) in [5, 5.41) is 1.72. The smallest absolute Gasteiger partial charge is 0.308 e. The van der Waals surface area contributed by atoms with E-state index in [1.54, 1.807) is 43.3 Å². The molecular formula is C29H19F3N2O2. The summed E-state index contributed by atoms with van der Waals surface area (Å²) in [7, 11) is 1.44. The van der Waals surface area contributed by atoms with Crippen LogP contribution in [0.2, 0.25) is 0 Å². The number of fused-ring (bicyclic) bond motifs is 4. The summed E-state index contributed by atoms with van der Waals surface area (Å²) in [6.45, 7) is 1.63. The molecule has 1 aliphatic rings. The lowest BCUT2D eigenvalue weighted by molar-refractivity contribution is -0.137. The Kier molecular flexibility index (Phi) is 4.64. The molecule has 2 heterocycles. The molecule has 0 saturated heterocycles. The minimum Gasteiger partial charge on any atom is -0.308 e. The Balaban J connectivity index is 1.70. The summed E-state index contributed by atoms with van der Waals surface area (Å²) >= 11 is 0. The van der Waals surface area contributed by atoms with E-state index in [1.165, 1.54) is 13.1 Å². The molecule has 0 fully saturated rings. The number of benzene rings is 4. The number of amides is 2. The third-order valence-corrected chi connectivity index (χ3v) is 6.80. The van der Waals surface area contributed by atoms with Crippen LogP contribution in [0, 0.1) is 6.92 Å². The molecule has 4 nitrogen and oxygen atoms in total. The number of hydrogen-bond donors (Lipinski definition) is 0. The molecule has 5 aromatic rings. The largest absolute Gasteiger partial charge is 0.417 e. The molecule has 0 N–H and O–H groups in total. The first-order valence-corrected chi connectivity index (χ1v) is 11.3. The van der Waals surface area contributed by atoms with Crippen LogP contribution in [0.3, 0.4) is 0 Å². The number of rotatable bonds is 2. The number of alkyl halides is 3. The average molecular weight is 484 g/mol. The molecule has 2 amide bonds. The number of nitrogens with zero attached hydrogens (tertiary/aromatic N) is 2. The maximum Gasteiger partial charge on any atom is 0.417 e. The van der Waals surface area contributed by atoms with Crippen molar-refractivity contribution >= 4 is 33.6 Å². The molecule has 178 valence electrons. The highest BCUT2D eigenvalue weighted by atomic mass is 19.4. The van der Waals surface area contributed by atoms with Gasteiger partial charge in [-0.25, -0.2) is 0 Å². The van der Waals surface area contributed by atoms with Gasteiger partial charge >= 0.3 is 6.18 Å². The monoisotopic (exact) mass is 484 g/mol. The number of aryl methyl sites for hydroxylation is 1. The van der Waals surface area contributed by atoms with E-state index in [0.717, 1.165) is 27.3 Å². The topological polar surface area (TPSA) is 42.3 Å². The Morgan fingerprint density at radius 1 is 0.722 bits per heavy atom. The van der Waals surface area contributed by atoms with E-state index in [0.29, 0.717) is 27.9 Å². The summed E-state index contributed by atoms with van der Waals surface area (Å²) < 4.78 is 43.6. The molecule has 1 aliphatic heterocycles. The van der Waals surface area contributed by atoms with Crippen molar-refractivity contribution < 1.29 is 22.8 Å². The van der Waals surface area contributed by atoms with Crippen molar-refractivity contribution in [2.75, 3.05) is 7.05 Å². The molecular weight excluding hydrogens is 465 g/mol. The minimum atomic E-state index is -4.51. The summed E-state index contributed by atoms with van der Waals surface area (Å²) in [5.74, 6) is -0.793. The van der Waals surface area contributed by atoms with Gasteiger partial charge in [-0.3, -0.25) is 14.5 Å². The van der Waals surface area contributed by atoms with Gasteiger partial charge in [-0.15, -0.1) is 0 Å². The van der Waals surface area contributed by atoms with E-state index in [9.17, 15) is 22.8 Å². The minimum absolute atomic E-state index is 0.0797. The third kappa shape index (κ3) is 3.09. The predicted octanol–water partition coefficient (Wildman–Crippen LogP) is 7.00. The lowest BCUT2D eigenvalue weighted by atomic mass is 9.96. The molecule has 4 aromatic carbocycles. The van der Waals surface area contributed by atoms with Crippen molar-refractivity contribution in [2.45, 2.75) is 13.1 Å². The van der Waals surface area contributed by atoms with Crippen LogP contribution in [-0.4, -0.2) is 28.3 Å². The Morgan fingerprint density at radius 3 is 2.25 bits per heavy atom. The van der Waals surface area contributed by atoms with Gasteiger partial charge in [0, 0.05) is 17.8 Å². The molecule has 0 saturated carbocycles. The van der Waals surface area contributed by atoms with Gasteiger partial charge < -0.3 is 4.57 Å². The van der Waals surface area contributed by atoms with E-state index in [1.807, 2.05) is 34.9 Å². The SMILES string of the molecule is Cc1ccc(-c2ccc3c4ccccc4n(-c4cccc5c4C(=O)N(C)C5=O)c3c2)c(C(F)(F)F)c1. The zero-order chi connectivity index (χ0) is 25.4. The van der Waals surface area contributed by atoms with Crippen molar-refractivity contribution in [3.05, 3.63) is 101 Å². The molecule has 0 aliphatic carbocycles. The van der Waals surface area contributed by atoms with Crippen LogP contribution in [0.5, 0.6) is 0 Å². The fourth-order valence-electron chi connectivity index (χ4n) is 5.11. The van der Waals surface area contributed by atoms with Gasteiger partial charge in [0.05, 0.1) is 33.4 Å². The summed E-state index contributed by atoms with van der Waals surface area (Å²) in [4.78, 5) is 26.8. The number of aromatic nitrogens is 1. The average Bonchev–Trinajstić information content (AvgIpc) is 3.30. The van der Waals surface area contributed by atoms with Crippen molar-refractivity contribution in [3.63, 3.8) is 0 Å². The van der Waals surface area contributed by atoms with Crippen molar-refractivity contribution in [2.24, 2.45) is 0 Å². The van der Waals surface area contributed by atoms with Gasteiger partial charge in [0.2, 0.25) is 0 Å². The van der Waals surface area contributed by atoms with Crippen LogP contribution in [0.1, 0.15) is 31.8 Å². The first kappa shape index (κ1) is 22.1. The Morgan fingerprint density at radius 2 is 1.47 bits per heavy atom. The maximum atomic E-state index is 13.9. The van der Waals surface area contributed by atoms with Gasteiger partial charge in [-0.2, -0.15) is 13.2 Å². The maximum absolute atomic E-state index is 13.9. The second-order valence-corrected chi connectivity index (χ2v) is 9.00. The fraction of sp³-hybridized carbons (Fsp3) is 0.103. The molecule has 0 radical (unpaired) electrons. The first-order chi connectivity index (χ1) is 17.2. The van der Waals surface area contributed by atoms with Crippen molar-refractivity contribution in [3.8, 4) is 16.8 Å². The van der Waals surface area contributed by atoms with Gasteiger partial charge in [0.1, 0.15) is 0 Å². The van der Waals surface area contributed by atoms with Crippen LogP contribution in [0.4, 0.5) is 13.2 Å². The summed E-state index contributed by atoms with van der Waals surface area (Å²) in [6, 6.07) is 22.2. The highest BCUT2D eigenvalue weighted by Gasteiger charge is 2.36. The summed E-state index contributed by atoms with van der Waals surface area (Å²) in [6.07, 6.45) is -4.51. The number of imide groups is 1. The molecule has 1 aromatic heterocycles. The van der Waals surface area contributed by atoms with Gasteiger partial charge in [-0.05, 0) is 48.4 Å². The zero-order valence-electron chi connectivity index (χ0n) is 19.4. The molecule has 0 spiro atoms. The van der Waals surface area contributed by atoms with E-state index in [-0.39, 0.29) is 17.0 Å². The van der Waals surface area contributed by atoms with Crippen LogP contribution >= 0.6 is 0 Å². The normalized spacial score (nSPS) is 13.8. The zero-order valence-corrected chi connectivity index (χ0v) is 19.4. The number of para-hydroxylation sites is 1. The lowest BCUT2D eigenvalue weighted by Gasteiger charge is -2.15. The van der Waals surface area contributed by atoms with Crippen molar-refractivity contribution in [1.29, 1.82) is 0 Å². The van der Waals surface area contributed by atoms with Gasteiger partial charge in [-0.1, -0.05) is 54.1 Å². The van der Waals surface area contributed by atoms with Gasteiger partial charge in [0.25, 0.3) is 11.8 Å². The second-order valence-electron chi connectivity index (χ2n) is 9.00. The molecule has 6 rings (SSSR count). The third-order valence-electron chi connectivity index (χ3n) is 6.80. The molecule has 36 heavy (non-hydrogen) atoms. The highest BCUT2D eigenvalue weighted by molar-refractivity contribution is 6.23. The Bertz CT molecular complexity index is 1750. The molecule has 0 unspecified atom stereocenters. The van der Waals surface area contributed by atoms with Gasteiger partial charge in [0.15, 0.2) is 0 Å². The highest BCUT2D eigenvalue weighted by Crippen LogP contribution is 2.41. The predicted molar refractivity (Wildman–Crippen MR) is 132 cm³/mol. The first-order valence-electron chi connectivity index (χ1n) is 11.3. The quantitative estimate of drug-likeness (QED) is 0.253. The number of carbonyl (C=O) groups excluding carboxylic acids is 2. The van der Waals surface area contributed by atoms with Crippen LogP contribution < -0.4 is 0 Å². The molecule has 0 bridgehead atoms. The van der Waals surface area contributed by atoms with Crippen LogP contribution in [0.25, 0.3) is 38.6 Å². The molecule has 7 heteroatoms. The fourth-order valence-corrected chi connectivity index (χ4v) is 5.11. The standard InChI is InChI=1S/C29H19F3N2O2/c1-16-10-12-18(22(14-16)29(30,31)32)17-11-13-20-19-6-3-4-8-23(19)34(25(20)15-17)24-9-5-7-21-26(24)28(36)33(2)27(21)35/h3-15H,1-2H3. The Hall–Kier alpha value is -4.39. The lowest BCUT2D eigenvalue weighted by Crippen LogP contribution is -2.24. The van der Waals surface area contributed by atoms with E-state index in [2.05, 4.69) is 0 Å². The van der Waals surface area contributed by atoms with E-state index < -0.39 is 17.6 Å². The number of hydrogen-bond acceptors (Lipinski definition) is 2. The van der Waals surface area contributed by atoms with E-state index in [4.69, 9.17) is 0 Å². The summed E-state index contributed by atoms with van der Waals surface area (Å²) in [5.41, 5.74) is 2.84. The van der Waals surface area contributed by atoms with Crippen LogP contribution in [0.15, 0.2) is 78.9 Å². The number of halogens is 3. The second kappa shape index (κ2) is 7.55. The van der Waals surface area contributed by atoms with Crippen LogP contribution in [-0.2, 0) is 6.18 Å². The Labute approximate surface area is 204 Å². The number of carbonyl (C=O) groups is 2.